The van der Waals surface area contributed by atoms with Gasteiger partial charge in [-0.05, 0) is 32.1 Å². The lowest BCUT2D eigenvalue weighted by Gasteiger charge is -2.33. The monoisotopic (exact) mass is 713 g/mol. The minimum atomic E-state index is -1.25. The summed E-state index contributed by atoms with van der Waals surface area (Å²) in [6.45, 7) is 4.45. The van der Waals surface area contributed by atoms with Gasteiger partial charge in [-0.3, -0.25) is 0 Å². The summed E-state index contributed by atoms with van der Waals surface area (Å²) in [5.74, 6) is 0. The quantitative estimate of drug-likeness (QED) is 0.0210. The van der Waals surface area contributed by atoms with Crippen molar-refractivity contribution >= 4 is 17.2 Å². The molecule has 7 nitrogen and oxygen atoms in total. The molecule has 0 radical (unpaired) electrons. The summed E-state index contributed by atoms with van der Waals surface area (Å²) in [7, 11) is 0. The molecule has 0 bridgehead atoms. The largest absolute Gasteiger partial charge is 0.393 e. The Labute approximate surface area is 307 Å². The standard InChI is InChI=1S/C41H80N2O5S/c1-3-5-6-7-8-9-10-11-12-13-14-15-16-17-18-19-20-21-22-23-24-25-26-31-39(49)43-36(38(46)32-34(44)4-2)33-42-35-29-27-28-30-37(45)41(48)40(35)47/h27,29,34-38,40-42,44-48H,3-26,28,30-33H2,1-2H3,(H,43,49)/b29-27-. The molecule has 7 atom stereocenters. The van der Waals surface area contributed by atoms with Gasteiger partial charge in [-0.1, -0.05) is 179 Å². The Morgan fingerprint density at radius 3 is 1.57 bits per heavy atom. The summed E-state index contributed by atoms with van der Waals surface area (Å²) in [5.41, 5.74) is 0. The lowest BCUT2D eigenvalue weighted by Crippen LogP contribution is -2.55. The summed E-state index contributed by atoms with van der Waals surface area (Å²) in [6, 6.07) is -1.03. The zero-order valence-corrected chi connectivity index (χ0v) is 32.7. The first kappa shape index (κ1) is 46.4. The highest BCUT2D eigenvalue weighted by Crippen LogP contribution is 2.17. The smallest absolute Gasteiger partial charge is 0.108 e. The minimum absolute atomic E-state index is 0.225. The van der Waals surface area contributed by atoms with Crippen LogP contribution in [0.4, 0.5) is 0 Å². The van der Waals surface area contributed by atoms with Gasteiger partial charge in [0.25, 0.3) is 0 Å². The van der Waals surface area contributed by atoms with Gasteiger partial charge in [-0.15, -0.1) is 0 Å². The van der Waals surface area contributed by atoms with Gasteiger partial charge in [0.2, 0.25) is 0 Å². The molecule has 0 amide bonds. The van der Waals surface area contributed by atoms with E-state index in [1.807, 2.05) is 19.1 Å². The van der Waals surface area contributed by atoms with E-state index >= 15 is 0 Å². The molecule has 1 rings (SSSR count). The Balaban J connectivity index is 2.10. The lowest BCUT2D eigenvalue weighted by molar-refractivity contribution is -0.0703. The molecule has 7 unspecified atom stereocenters. The van der Waals surface area contributed by atoms with E-state index in [9.17, 15) is 25.5 Å². The van der Waals surface area contributed by atoms with Crippen LogP contribution < -0.4 is 10.6 Å². The van der Waals surface area contributed by atoms with E-state index in [0.717, 1.165) is 19.3 Å². The van der Waals surface area contributed by atoms with Crippen LogP contribution >= 0.6 is 12.2 Å². The van der Waals surface area contributed by atoms with E-state index < -0.39 is 42.6 Å². The van der Waals surface area contributed by atoms with Crippen LogP contribution in [0, 0.1) is 0 Å². The predicted octanol–water partition coefficient (Wildman–Crippen LogP) is 8.57. The number of rotatable bonds is 32. The first-order valence-electron chi connectivity index (χ1n) is 20.9. The second kappa shape index (κ2) is 32.1. The second-order valence-electron chi connectivity index (χ2n) is 15.1. The van der Waals surface area contributed by atoms with E-state index in [1.54, 1.807) is 0 Å². The molecule has 0 aromatic heterocycles. The van der Waals surface area contributed by atoms with Crippen molar-refractivity contribution < 1.29 is 25.5 Å². The zero-order chi connectivity index (χ0) is 36.0. The van der Waals surface area contributed by atoms with Crippen LogP contribution in [0.5, 0.6) is 0 Å². The highest BCUT2D eigenvalue weighted by molar-refractivity contribution is 7.80. The summed E-state index contributed by atoms with van der Waals surface area (Å²) in [6.07, 6.45) is 32.8. The molecule has 7 N–H and O–H groups in total. The number of allylic oxidation sites excluding steroid dienone is 1. The Morgan fingerprint density at radius 2 is 1.12 bits per heavy atom. The third kappa shape index (κ3) is 25.1. The number of unbranched alkanes of at least 4 members (excludes halogenated alkanes) is 22. The number of nitrogens with one attached hydrogen (secondary N) is 2. The third-order valence-corrected chi connectivity index (χ3v) is 10.8. The molecule has 0 fully saturated rings. The maximum atomic E-state index is 10.9. The van der Waals surface area contributed by atoms with E-state index in [2.05, 4.69) is 17.6 Å². The van der Waals surface area contributed by atoms with Crippen LogP contribution in [0.25, 0.3) is 0 Å². The minimum Gasteiger partial charge on any atom is -0.393 e. The number of aliphatic hydroxyl groups is 5. The highest BCUT2D eigenvalue weighted by Gasteiger charge is 2.32. The number of thiocarbonyl (C=S) groups is 1. The van der Waals surface area contributed by atoms with Gasteiger partial charge in [-0.25, -0.2) is 0 Å². The van der Waals surface area contributed by atoms with Gasteiger partial charge in [0.05, 0.1) is 35.4 Å². The van der Waals surface area contributed by atoms with Crippen LogP contribution in [0.1, 0.15) is 194 Å². The molecule has 0 aromatic carbocycles. The molecular weight excluding hydrogens is 633 g/mol. The van der Waals surface area contributed by atoms with Gasteiger partial charge >= 0.3 is 0 Å². The average molecular weight is 713 g/mol. The number of aliphatic hydroxyl groups excluding tert-OH is 5. The fourth-order valence-electron chi connectivity index (χ4n) is 6.93. The van der Waals surface area contributed by atoms with Crippen molar-refractivity contribution in [3.05, 3.63) is 12.2 Å². The molecular formula is C41H80N2O5S. The average Bonchev–Trinajstić information content (AvgIpc) is 3.09. The number of hydrogen-bond donors (Lipinski definition) is 7. The van der Waals surface area contributed by atoms with Gasteiger partial charge < -0.3 is 36.2 Å². The Kier molecular flexibility index (Phi) is 30.4. The molecule has 290 valence electrons. The van der Waals surface area contributed by atoms with Crippen molar-refractivity contribution in [2.75, 3.05) is 6.54 Å². The van der Waals surface area contributed by atoms with Crippen LogP contribution in [0.3, 0.4) is 0 Å². The van der Waals surface area contributed by atoms with E-state index in [1.165, 1.54) is 135 Å². The summed E-state index contributed by atoms with van der Waals surface area (Å²) in [4.78, 5) is 0.699. The Hall–Kier alpha value is -0.610. The molecule has 0 saturated carbocycles. The van der Waals surface area contributed by atoms with Crippen LogP contribution in [0.2, 0.25) is 0 Å². The van der Waals surface area contributed by atoms with Gasteiger partial charge in [0.15, 0.2) is 0 Å². The number of hydrogen-bond acceptors (Lipinski definition) is 7. The Morgan fingerprint density at radius 1 is 0.673 bits per heavy atom. The van der Waals surface area contributed by atoms with Crippen molar-refractivity contribution in [1.82, 2.24) is 10.6 Å². The zero-order valence-electron chi connectivity index (χ0n) is 31.8. The third-order valence-electron chi connectivity index (χ3n) is 10.5. The molecule has 1 aliphatic carbocycles. The predicted molar refractivity (Wildman–Crippen MR) is 211 cm³/mol. The summed E-state index contributed by atoms with van der Waals surface area (Å²) >= 11 is 5.64. The molecule has 8 heteroatoms. The molecule has 0 heterocycles. The van der Waals surface area contributed by atoms with Crippen molar-refractivity contribution in [3.63, 3.8) is 0 Å². The lowest BCUT2D eigenvalue weighted by atomic mass is 9.94. The van der Waals surface area contributed by atoms with Crippen LogP contribution in [0.15, 0.2) is 12.2 Å². The fourth-order valence-corrected chi connectivity index (χ4v) is 7.23. The van der Waals surface area contributed by atoms with Crippen molar-refractivity contribution in [2.45, 2.75) is 236 Å². The fraction of sp³-hybridized carbons (Fsp3) is 0.927. The van der Waals surface area contributed by atoms with E-state index in [-0.39, 0.29) is 13.0 Å². The van der Waals surface area contributed by atoms with Gasteiger partial charge in [0.1, 0.15) is 12.2 Å². The molecule has 0 aliphatic heterocycles. The summed E-state index contributed by atoms with van der Waals surface area (Å²) < 4.78 is 0. The maximum Gasteiger partial charge on any atom is 0.108 e. The second-order valence-corrected chi connectivity index (χ2v) is 15.5. The Bertz CT molecular complexity index is 787. The van der Waals surface area contributed by atoms with Crippen molar-refractivity contribution in [3.8, 4) is 0 Å². The van der Waals surface area contributed by atoms with Crippen molar-refractivity contribution in [2.24, 2.45) is 0 Å². The van der Waals surface area contributed by atoms with Crippen molar-refractivity contribution in [1.29, 1.82) is 0 Å². The first-order valence-corrected chi connectivity index (χ1v) is 21.3. The molecule has 0 spiro atoms. The molecule has 49 heavy (non-hydrogen) atoms. The molecule has 0 saturated heterocycles. The maximum absolute atomic E-state index is 10.9. The van der Waals surface area contributed by atoms with Gasteiger partial charge in [-0.2, -0.15) is 0 Å². The molecule has 1 aliphatic rings. The van der Waals surface area contributed by atoms with E-state index in [4.69, 9.17) is 12.2 Å². The first-order chi connectivity index (χ1) is 23.8. The van der Waals surface area contributed by atoms with Crippen LogP contribution in [-0.4, -0.2) is 79.7 Å². The topological polar surface area (TPSA) is 125 Å². The van der Waals surface area contributed by atoms with E-state index in [0.29, 0.717) is 24.3 Å². The highest BCUT2D eigenvalue weighted by atomic mass is 32.1. The van der Waals surface area contributed by atoms with Crippen LogP contribution in [-0.2, 0) is 0 Å². The molecule has 0 aromatic rings. The van der Waals surface area contributed by atoms with Gasteiger partial charge in [0, 0.05) is 13.0 Å². The normalized spacial score (nSPS) is 22.3. The summed E-state index contributed by atoms with van der Waals surface area (Å²) in [5, 5.41) is 58.6. The SMILES string of the molecule is CCCCCCCCCCCCCCCCCCCCCCCCCC(=S)NC(CNC1/C=C\CCC(O)C(O)C1O)C(O)CC(O)CC.